The van der Waals surface area contributed by atoms with Crippen molar-refractivity contribution in [1.29, 1.82) is 0 Å². The van der Waals surface area contributed by atoms with E-state index < -0.39 is 21.7 Å². The van der Waals surface area contributed by atoms with Gasteiger partial charge in [-0.05, 0) is 32.8 Å². The third-order valence-electron chi connectivity index (χ3n) is 3.61. The number of nitrogens with one attached hydrogen (secondary N) is 1. The molecule has 1 aliphatic rings. The van der Waals surface area contributed by atoms with E-state index in [9.17, 15) is 21.6 Å². The van der Waals surface area contributed by atoms with E-state index in [1.54, 1.807) is 6.92 Å². The molecule has 2 rings (SSSR count). The van der Waals surface area contributed by atoms with Crippen LogP contribution in [-0.4, -0.2) is 20.1 Å². The predicted molar refractivity (Wildman–Crippen MR) is 65.8 cm³/mol. The second kappa shape index (κ2) is 4.77. The summed E-state index contributed by atoms with van der Waals surface area (Å²) in [7, 11) is -4.26. The van der Waals surface area contributed by atoms with Gasteiger partial charge in [0.1, 0.15) is 22.0 Å². The largest absolute Gasteiger partial charge is 0.465 e. The maximum Gasteiger partial charge on any atom is 0.407 e. The van der Waals surface area contributed by atoms with Crippen molar-refractivity contribution >= 4 is 10.0 Å². The van der Waals surface area contributed by atoms with Crippen LogP contribution in [0.2, 0.25) is 0 Å². The van der Waals surface area contributed by atoms with Crippen LogP contribution in [0.5, 0.6) is 0 Å². The molecule has 1 heterocycles. The number of furan rings is 1. The summed E-state index contributed by atoms with van der Waals surface area (Å²) in [5.74, 6) is 0.431. The minimum atomic E-state index is -4.61. The van der Waals surface area contributed by atoms with Crippen LogP contribution in [0.1, 0.15) is 37.2 Å². The molecule has 0 aromatic carbocycles. The number of sulfonamides is 1. The van der Waals surface area contributed by atoms with Crippen molar-refractivity contribution in [3.63, 3.8) is 0 Å². The van der Waals surface area contributed by atoms with Gasteiger partial charge in [0.15, 0.2) is 0 Å². The molecule has 1 aromatic heterocycles. The van der Waals surface area contributed by atoms with E-state index in [-0.39, 0.29) is 23.5 Å². The quantitative estimate of drug-likeness (QED) is 0.933. The fourth-order valence-electron chi connectivity index (χ4n) is 2.61. The van der Waals surface area contributed by atoms with Gasteiger partial charge in [-0.15, -0.1) is 0 Å². The summed E-state index contributed by atoms with van der Waals surface area (Å²) in [4.78, 5) is -0.231. The molecule has 0 radical (unpaired) electrons. The molecule has 1 aliphatic carbocycles. The zero-order valence-corrected chi connectivity index (χ0v) is 12.0. The average molecular weight is 311 g/mol. The Morgan fingerprint density at radius 1 is 1.25 bits per heavy atom. The molecular formula is C12H16F3NO3S. The Morgan fingerprint density at radius 2 is 1.80 bits per heavy atom. The Labute approximate surface area is 115 Å². The Kier molecular flexibility index (Phi) is 3.66. The monoisotopic (exact) mass is 311 g/mol. The summed E-state index contributed by atoms with van der Waals surface area (Å²) < 4.78 is 71.0. The highest BCUT2D eigenvalue weighted by Crippen LogP contribution is 2.44. The standard InChI is InChI=1S/C12H16F3NO3S/c1-8-7-10(9(2)19-8)20(17,18)16-11(12(13,14)15)5-3-4-6-11/h7,16H,3-6H2,1-2H3. The number of rotatable bonds is 3. The Balaban J connectivity index is 2.38. The molecule has 8 heteroatoms. The molecular weight excluding hydrogens is 295 g/mol. The third-order valence-corrected chi connectivity index (χ3v) is 5.26. The maximum absolute atomic E-state index is 13.2. The molecule has 0 atom stereocenters. The molecule has 4 nitrogen and oxygen atoms in total. The molecule has 1 fully saturated rings. The van der Waals surface area contributed by atoms with Crippen LogP contribution in [0.3, 0.4) is 0 Å². The molecule has 1 saturated carbocycles. The number of hydrogen-bond donors (Lipinski definition) is 1. The molecule has 0 saturated heterocycles. The topological polar surface area (TPSA) is 59.3 Å². The zero-order valence-electron chi connectivity index (χ0n) is 11.2. The van der Waals surface area contributed by atoms with Crippen LogP contribution in [-0.2, 0) is 10.0 Å². The summed E-state index contributed by atoms with van der Waals surface area (Å²) in [5.41, 5.74) is -2.36. The first kappa shape index (κ1) is 15.4. The van der Waals surface area contributed by atoms with E-state index in [1.165, 1.54) is 13.0 Å². The van der Waals surface area contributed by atoms with Crippen LogP contribution in [0.25, 0.3) is 0 Å². The number of hydrogen-bond acceptors (Lipinski definition) is 3. The average Bonchev–Trinajstić information content (AvgIpc) is 2.85. The summed E-state index contributed by atoms with van der Waals surface area (Å²) in [6.45, 7) is 2.96. The first-order valence-electron chi connectivity index (χ1n) is 6.25. The molecule has 0 unspecified atom stereocenters. The number of halogens is 3. The van der Waals surface area contributed by atoms with E-state index in [0.717, 1.165) is 0 Å². The van der Waals surface area contributed by atoms with Gasteiger partial charge in [0.2, 0.25) is 10.0 Å². The fraction of sp³-hybridized carbons (Fsp3) is 0.667. The molecule has 1 aromatic rings. The second-order valence-corrected chi connectivity index (χ2v) is 6.82. The first-order valence-corrected chi connectivity index (χ1v) is 7.73. The molecule has 0 aliphatic heterocycles. The van der Waals surface area contributed by atoms with Gasteiger partial charge in [0, 0.05) is 0 Å². The lowest BCUT2D eigenvalue weighted by Crippen LogP contribution is -2.56. The van der Waals surface area contributed by atoms with Gasteiger partial charge in [0.25, 0.3) is 0 Å². The molecule has 0 spiro atoms. The normalized spacial score (nSPS) is 19.4. The minimum absolute atomic E-state index is 0.0883. The Morgan fingerprint density at radius 3 is 2.20 bits per heavy atom. The third kappa shape index (κ3) is 2.58. The van der Waals surface area contributed by atoms with Crippen molar-refractivity contribution in [3.05, 3.63) is 17.6 Å². The predicted octanol–water partition coefficient (Wildman–Crippen LogP) is 3.05. The highest BCUT2D eigenvalue weighted by molar-refractivity contribution is 7.89. The van der Waals surface area contributed by atoms with Crippen molar-refractivity contribution in [2.75, 3.05) is 0 Å². The van der Waals surface area contributed by atoms with Gasteiger partial charge in [-0.25, -0.2) is 8.42 Å². The number of alkyl halides is 3. The molecule has 20 heavy (non-hydrogen) atoms. The first-order chi connectivity index (χ1) is 9.07. The molecule has 0 amide bonds. The van der Waals surface area contributed by atoms with Crippen LogP contribution in [0, 0.1) is 13.8 Å². The van der Waals surface area contributed by atoms with Gasteiger partial charge in [0.05, 0.1) is 0 Å². The van der Waals surface area contributed by atoms with Crippen molar-refractivity contribution < 1.29 is 26.0 Å². The van der Waals surface area contributed by atoms with Crippen molar-refractivity contribution in [3.8, 4) is 0 Å². The van der Waals surface area contributed by atoms with Crippen LogP contribution in [0.15, 0.2) is 15.4 Å². The van der Waals surface area contributed by atoms with Gasteiger partial charge in [-0.2, -0.15) is 17.9 Å². The van der Waals surface area contributed by atoms with Crippen LogP contribution < -0.4 is 4.72 Å². The summed E-state index contributed by atoms with van der Waals surface area (Å²) in [6.07, 6.45) is -4.36. The lowest BCUT2D eigenvalue weighted by Gasteiger charge is -2.32. The molecule has 1 N–H and O–H groups in total. The van der Waals surface area contributed by atoms with E-state index in [0.29, 0.717) is 18.6 Å². The van der Waals surface area contributed by atoms with Gasteiger partial charge < -0.3 is 4.42 Å². The van der Waals surface area contributed by atoms with Crippen LogP contribution in [0.4, 0.5) is 13.2 Å². The van der Waals surface area contributed by atoms with Crippen molar-refractivity contribution in [1.82, 2.24) is 4.72 Å². The zero-order chi connectivity index (χ0) is 15.2. The van der Waals surface area contributed by atoms with Gasteiger partial charge in [-0.3, -0.25) is 0 Å². The van der Waals surface area contributed by atoms with Gasteiger partial charge in [-0.1, -0.05) is 12.8 Å². The Hall–Kier alpha value is -1.02. The summed E-state index contributed by atoms with van der Waals surface area (Å²) >= 11 is 0. The minimum Gasteiger partial charge on any atom is -0.465 e. The fourth-order valence-corrected chi connectivity index (χ4v) is 4.29. The van der Waals surface area contributed by atoms with E-state index >= 15 is 0 Å². The molecule has 0 bridgehead atoms. The SMILES string of the molecule is Cc1cc(S(=O)(=O)NC2(C(F)(F)F)CCCC2)c(C)o1. The Bertz CT molecular complexity index is 598. The van der Waals surface area contributed by atoms with E-state index in [4.69, 9.17) is 4.42 Å². The highest BCUT2D eigenvalue weighted by Gasteiger charge is 2.58. The lowest BCUT2D eigenvalue weighted by molar-refractivity contribution is -0.188. The highest BCUT2D eigenvalue weighted by atomic mass is 32.2. The summed E-state index contributed by atoms with van der Waals surface area (Å²) in [6, 6.07) is 1.23. The second-order valence-electron chi connectivity index (χ2n) is 5.17. The lowest BCUT2D eigenvalue weighted by atomic mass is 9.99. The molecule has 114 valence electrons. The van der Waals surface area contributed by atoms with Crippen molar-refractivity contribution in [2.45, 2.75) is 56.1 Å². The number of aryl methyl sites for hydroxylation is 2. The van der Waals surface area contributed by atoms with Crippen molar-refractivity contribution in [2.24, 2.45) is 0 Å². The maximum atomic E-state index is 13.2. The van der Waals surface area contributed by atoms with Gasteiger partial charge >= 0.3 is 6.18 Å². The van der Waals surface area contributed by atoms with Crippen LogP contribution >= 0.6 is 0 Å². The van der Waals surface area contributed by atoms with E-state index in [2.05, 4.69) is 0 Å². The van der Waals surface area contributed by atoms with E-state index in [1.807, 2.05) is 4.72 Å². The smallest absolute Gasteiger partial charge is 0.407 e. The summed E-state index contributed by atoms with van der Waals surface area (Å²) in [5, 5.41) is 0.